The Morgan fingerprint density at radius 3 is 2.80 bits per heavy atom. The number of rotatable bonds is 1. The molecule has 0 spiro atoms. The molecule has 2 aromatic rings. The van der Waals surface area contributed by atoms with Gasteiger partial charge in [0, 0.05) is 11.5 Å². The third kappa shape index (κ3) is 1.49. The van der Waals surface area contributed by atoms with Gasteiger partial charge in [0.25, 0.3) is 0 Å². The van der Waals surface area contributed by atoms with E-state index in [1.807, 2.05) is 0 Å². The van der Waals surface area contributed by atoms with Gasteiger partial charge in [-0.25, -0.2) is 4.79 Å². The van der Waals surface area contributed by atoms with Crippen molar-refractivity contribution in [1.29, 1.82) is 0 Å². The van der Waals surface area contributed by atoms with Crippen LogP contribution in [0.25, 0.3) is 11.0 Å². The van der Waals surface area contributed by atoms with Gasteiger partial charge in [0.05, 0.1) is 12.2 Å². The summed E-state index contributed by atoms with van der Waals surface area (Å²) >= 11 is 0. The van der Waals surface area contributed by atoms with Crippen LogP contribution in [0.3, 0.4) is 0 Å². The summed E-state index contributed by atoms with van der Waals surface area (Å²) < 4.78 is 4.97. The number of fused-ring (bicyclic) bond motifs is 1. The third-order valence-electron chi connectivity index (χ3n) is 2.36. The molecular weight excluding hydrogens is 196 g/mol. The molecule has 2 rings (SSSR count). The number of hydrogen-bond donors (Lipinski definition) is 2. The maximum atomic E-state index is 11.2. The molecule has 0 aliphatic carbocycles. The highest BCUT2D eigenvalue weighted by molar-refractivity contribution is 5.84. The predicted molar refractivity (Wildman–Crippen MR) is 54.8 cm³/mol. The van der Waals surface area contributed by atoms with Gasteiger partial charge >= 0.3 is 5.63 Å². The second kappa shape index (κ2) is 3.40. The van der Waals surface area contributed by atoms with E-state index in [2.05, 4.69) is 0 Å². The van der Waals surface area contributed by atoms with Gasteiger partial charge in [-0.1, -0.05) is 0 Å². The molecule has 4 nitrogen and oxygen atoms in total. The topological polar surface area (TPSA) is 70.7 Å². The molecule has 15 heavy (non-hydrogen) atoms. The third-order valence-corrected chi connectivity index (χ3v) is 2.36. The maximum absolute atomic E-state index is 11.2. The molecule has 0 unspecified atom stereocenters. The van der Waals surface area contributed by atoms with Crippen molar-refractivity contribution in [3.63, 3.8) is 0 Å². The summed E-state index contributed by atoms with van der Waals surface area (Å²) in [5.41, 5.74) is 0.770. The lowest BCUT2D eigenvalue weighted by Crippen LogP contribution is -2.00. The smallest absolute Gasteiger partial charge is 0.336 e. The molecule has 0 saturated carbocycles. The number of hydrogen-bond acceptors (Lipinski definition) is 4. The predicted octanol–water partition coefficient (Wildman–Crippen LogP) is 1.30. The van der Waals surface area contributed by atoms with Crippen molar-refractivity contribution in [3.05, 3.63) is 39.7 Å². The summed E-state index contributed by atoms with van der Waals surface area (Å²) in [4.78, 5) is 11.2. The van der Waals surface area contributed by atoms with Gasteiger partial charge in [-0.15, -0.1) is 0 Å². The molecular formula is C11H10O4. The molecule has 2 N–H and O–H groups in total. The summed E-state index contributed by atoms with van der Waals surface area (Å²) in [5.74, 6) is -0.0706. The molecule has 1 aromatic carbocycles. The normalized spacial score (nSPS) is 10.8. The summed E-state index contributed by atoms with van der Waals surface area (Å²) in [6, 6.07) is 4.50. The number of phenols is 1. The highest BCUT2D eigenvalue weighted by Crippen LogP contribution is 2.27. The van der Waals surface area contributed by atoms with Crippen LogP contribution >= 0.6 is 0 Å². The van der Waals surface area contributed by atoms with Gasteiger partial charge in [0.2, 0.25) is 0 Å². The Kier molecular flexibility index (Phi) is 2.21. The van der Waals surface area contributed by atoms with Crippen LogP contribution in [-0.4, -0.2) is 10.2 Å². The quantitative estimate of drug-likeness (QED) is 0.690. The van der Waals surface area contributed by atoms with Gasteiger partial charge < -0.3 is 14.6 Å². The van der Waals surface area contributed by atoms with Gasteiger partial charge in [-0.2, -0.15) is 0 Å². The van der Waals surface area contributed by atoms with Crippen LogP contribution in [0.2, 0.25) is 0 Å². The molecule has 0 aliphatic rings. The SMILES string of the molecule is Cc1cc(=O)oc2c(CO)c(O)ccc12. The van der Waals surface area contributed by atoms with Crippen molar-refractivity contribution in [3.8, 4) is 5.75 Å². The molecule has 1 heterocycles. The fourth-order valence-electron chi connectivity index (χ4n) is 1.58. The Bertz CT molecular complexity index is 569. The molecule has 1 aromatic heterocycles. The van der Waals surface area contributed by atoms with E-state index in [1.54, 1.807) is 13.0 Å². The molecule has 0 aliphatic heterocycles. The second-order valence-electron chi connectivity index (χ2n) is 3.35. The minimum absolute atomic E-state index is 0.0706. The van der Waals surface area contributed by atoms with E-state index < -0.39 is 5.63 Å². The van der Waals surface area contributed by atoms with Crippen molar-refractivity contribution in [2.24, 2.45) is 0 Å². The number of aliphatic hydroxyl groups excluding tert-OH is 1. The molecule has 0 amide bonds. The van der Waals surface area contributed by atoms with Crippen molar-refractivity contribution in [2.45, 2.75) is 13.5 Å². The number of aliphatic hydroxyl groups is 1. The van der Waals surface area contributed by atoms with E-state index in [4.69, 9.17) is 9.52 Å². The number of benzene rings is 1. The van der Waals surface area contributed by atoms with E-state index in [9.17, 15) is 9.90 Å². The van der Waals surface area contributed by atoms with Gasteiger partial charge in [0.15, 0.2) is 0 Å². The molecule has 0 fully saturated rings. The van der Waals surface area contributed by atoms with Crippen molar-refractivity contribution in [1.82, 2.24) is 0 Å². The Morgan fingerprint density at radius 2 is 2.13 bits per heavy atom. The van der Waals surface area contributed by atoms with Crippen LogP contribution in [0.15, 0.2) is 27.4 Å². The first-order valence-corrected chi connectivity index (χ1v) is 4.49. The minimum atomic E-state index is -0.486. The molecule has 0 radical (unpaired) electrons. The molecule has 4 heteroatoms. The first-order chi connectivity index (χ1) is 7.13. The van der Waals surface area contributed by atoms with Crippen LogP contribution < -0.4 is 5.63 Å². The minimum Gasteiger partial charge on any atom is -0.507 e. The summed E-state index contributed by atoms with van der Waals surface area (Å²) in [7, 11) is 0. The highest BCUT2D eigenvalue weighted by Gasteiger charge is 2.10. The first-order valence-electron chi connectivity index (χ1n) is 4.49. The fourth-order valence-corrected chi connectivity index (χ4v) is 1.58. The van der Waals surface area contributed by atoms with Crippen LogP contribution in [0, 0.1) is 6.92 Å². The second-order valence-corrected chi connectivity index (χ2v) is 3.35. The molecule has 0 saturated heterocycles. The number of aromatic hydroxyl groups is 1. The lowest BCUT2D eigenvalue weighted by atomic mass is 10.1. The average molecular weight is 206 g/mol. The van der Waals surface area contributed by atoms with E-state index in [0.29, 0.717) is 0 Å². The largest absolute Gasteiger partial charge is 0.507 e. The zero-order valence-electron chi connectivity index (χ0n) is 8.15. The Hall–Kier alpha value is -1.81. The van der Waals surface area contributed by atoms with Crippen LogP contribution in [-0.2, 0) is 6.61 Å². The van der Waals surface area contributed by atoms with Crippen LogP contribution in [0.1, 0.15) is 11.1 Å². The standard InChI is InChI=1S/C11H10O4/c1-6-4-10(14)15-11-7(6)2-3-9(13)8(11)5-12/h2-4,12-13H,5H2,1H3. The monoisotopic (exact) mass is 206 g/mol. The van der Waals surface area contributed by atoms with Gasteiger partial charge in [0.1, 0.15) is 11.3 Å². The summed E-state index contributed by atoms with van der Waals surface area (Å²) in [6.07, 6.45) is 0. The van der Waals surface area contributed by atoms with E-state index >= 15 is 0 Å². The average Bonchev–Trinajstić information content (AvgIpc) is 2.17. The number of aryl methyl sites for hydroxylation is 1. The van der Waals surface area contributed by atoms with Gasteiger partial charge in [-0.05, 0) is 24.6 Å². The Balaban J connectivity index is 2.97. The first kappa shape index (κ1) is 9.73. The lowest BCUT2D eigenvalue weighted by molar-refractivity contribution is 0.275. The maximum Gasteiger partial charge on any atom is 0.336 e. The zero-order chi connectivity index (χ0) is 11.0. The lowest BCUT2D eigenvalue weighted by Gasteiger charge is -2.06. The summed E-state index contributed by atoms with van der Waals surface area (Å²) in [5, 5.41) is 19.3. The van der Waals surface area contributed by atoms with E-state index in [-0.39, 0.29) is 23.5 Å². The van der Waals surface area contributed by atoms with Crippen molar-refractivity contribution < 1.29 is 14.6 Å². The summed E-state index contributed by atoms with van der Waals surface area (Å²) in [6.45, 7) is 1.41. The van der Waals surface area contributed by atoms with E-state index in [0.717, 1.165) is 10.9 Å². The molecule has 0 bridgehead atoms. The van der Waals surface area contributed by atoms with Crippen molar-refractivity contribution >= 4 is 11.0 Å². The van der Waals surface area contributed by atoms with Gasteiger partial charge in [-0.3, -0.25) is 0 Å². The van der Waals surface area contributed by atoms with Crippen molar-refractivity contribution in [2.75, 3.05) is 0 Å². The Labute approximate surface area is 85.4 Å². The Morgan fingerprint density at radius 1 is 1.40 bits per heavy atom. The zero-order valence-corrected chi connectivity index (χ0v) is 8.15. The van der Waals surface area contributed by atoms with E-state index in [1.165, 1.54) is 12.1 Å². The van der Waals surface area contributed by atoms with Crippen LogP contribution in [0.5, 0.6) is 5.75 Å². The fraction of sp³-hybridized carbons (Fsp3) is 0.182. The molecule has 0 atom stereocenters. The van der Waals surface area contributed by atoms with Crippen LogP contribution in [0.4, 0.5) is 0 Å². The molecule has 78 valence electrons. The highest BCUT2D eigenvalue weighted by atomic mass is 16.4.